The molecule has 0 aliphatic carbocycles. The topological polar surface area (TPSA) is 83.6 Å². The first-order chi connectivity index (χ1) is 11.4. The third kappa shape index (κ3) is 4.83. The maximum atomic E-state index is 12.4. The van der Waals surface area contributed by atoms with Crippen LogP contribution in [0.3, 0.4) is 0 Å². The van der Waals surface area contributed by atoms with E-state index in [9.17, 15) is 9.59 Å². The first-order valence-corrected chi connectivity index (χ1v) is 7.96. The summed E-state index contributed by atoms with van der Waals surface area (Å²) in [5.74, 6) is -0.696. The number of benzene rings is 1. The summed E-state index contributed by atoms with van der Waals surface area (Å²) < 4.78 is 5.41. The van der Waals surface area contributed by atoms with Crippen molar-refractivity contribution in [2.45, 2.75) is 32.7 Å². The molecule has 0 radical (unpaired) electrons. The number of carbonyl (C=O) groups excluding carboxylic acids is 1. The van der Waals surface area contributed by atoms with E-state index in [4.69, 9.17) is 21.1 Å². The molecule has 2 rings (SSSR count). The first-order valence-electron chi connectivity index (χ1n) is 7.58. The lowest BCUT2D eigenvalue weighted by Crippen LogP contribution is -2.39. The normalized spacial score (nSPS) is 10.8. The van der Waals surface area contributed by atoms with Crippen LogP contribution >= 0.6 is 11.6 Å². The number of rotatable bonds is 7. The summed E-state index contributed by atoms with van der Waals surface area (Å²) in [4.78, 5) is 29.0. The van der Waals surface area contributed by atoms with Crippen LogP contribution in [0.25, 0.3) is 11.5 Å². The number of aromatic nitrogens is 1. The van der Waals surface area contributed by atoms with Crippen molar-refractivity contribution >= 4 is 23.5 Å². The van der Waals surface area contributed by atoms with Crippen molar-refractivity contribution in [3.05, 3.63) is 41.2 Å². The zero-order chi connectivity index (χ0) is 17.7. The summed E-state index contributed by atoms with van der Waals surface area (Å²) in [7, 11) is 0. The van der Waals surface area contributed by atoms with Gasteiger partial charge in [0, 0.05) is 23.2 Å². The fourth-order valence-electron chi connectivity index (χ4n) is 2.26. The number of carbonyl (C=O) groups is 2. The number of amides is 1. The van der Waals surface area contributed by atoms with Gasteiger partial charge < -0.3 is 14.4 Å². The highest BCUT2D eigenvalue weighted by Crippen LogP contribution is 2.21. The molecule has 1 aromatic heterocycles. The largest absolute Gasteiger partial charge is 0.481 e. The maximum Gasteiger partial charge on any atom is 0.305 e. The van der Waals surface area contributed by atoms with E-state index >= 15 is 0 Å². The quantitative estimate of drug-likeness (QED) is 0.828. The van der Waals surface area contributed by atoms with Crippen molar-refractivity contribution in [1.29, 1.82) is 0 Å². The standard InChI is InChI=1S/C17H19ClN2O4/c1-11(2)20(8-7-16(22)23)15(21)9-14-10-24-17(19-14)12-3-5-13(18)6-4-12/h3-6,10-11H,7-9H2,1-2H3,(H,22,23). The molecule has 0 bridgehead atoms. The summed E-state index contributed by atoms with van der Waals surface area (Å²) in [6.45, 7) is 3.87. The molecular weight excluding hydrogens is 332 g/mol. The summed E-state index contributed by atoms with van der Waals surface area (Å²) >= 11 is 5.85. The molecule has 0 spiro atoms. The van der Waals surface area contributed by atoms with Crippen LogP contribution < -0.4 is 0 Å². The smallest absolute Gasteiger partial charge is 0.305 e. The molecule has 0 aliphatic heterocycles. The second-order valence-electron chi connectivity index (χ2n) is 5.65. The van der Waals surface area contributed by atoms with Crippen molar-refractivity contribution < 1.29 is 19.1 Å². The first kappa shape index (κ1) is 18.0. The molecule has 0 fully saturated rings. The average molecular weight is 351 g/mol. The van der Waals surface area contributed by atoms with Crippen molar-refractivity contribution in [2.24, 2.45) is 0 Å². The predicted molar refractivity (Wildman–Crippen MR) is 89.8 cm³/mol. The minimum Gasteiger partial charge on any atom is -0.481 e. The number of carboxylic acid groups (broad SMARTS) is 1. The third-order valence-electron chi connectivity index (χ3n) is 3.49. The Morgan fingerprint density at radius 2 is 1.96 bits per heavy atom. The summed E-state index contributed by atoms with van der Waals surface area (Å²) in [5.41, 5.74) is 1.27. The van der Waals surface area contributed by atoms with E-state index < -0.39 is 5.97 Å². The number of nitrogens with zero attached hydrogens (tertiary/aromatic N) is 2. The average Bonchev–Trinajstić information content (AvgIpc) is 2.95. The van der Waals surface area contributed by atoms with E-state index in [-0.39, 0.29) is 31.3 Å². The molecule has 2 aromatic rings. The van der Waals surface area contributed by atoms with Gasteiger partial charge in [0.1, 0.15) is 6.26 Å². The molecule has 0 saturated heterocycles. The fourth-order valence-corrected chi connectivity index (χ4v) is 2.38. The van der Waals surface area contributed by atoms with E-state index in [0.29, 0.717) is 16.6 Å². The maximum absolute atomic E-state index is 12.4. The van der Waals surface area contributed by atoms with E-state index in [1.807, 2.05) is 13.8 Å². The van der Waals surface area contributed by atoms with Gasteiger partial charge in [-0.1, -0.05) is 11.6 Å². The number of halogens is 1. The summed E-state index contributed by atoms with van der Waals surface area (Å²) in [6.07, 6.45) is 1.42. The van der Waals surface area contributed by atoms with E-state index in [0.717, 1.165) is 5.56 Å². The highest BCUT2D eigenvalue weighted by atomic mass is 35.5. The molecule has 1 heterocycles. The van der Waals surface area contributed by atoms with Gasteiger partial charge in [0.25, 0.3) is 0 Å². The van der Waals surface area contributed by atoms with Gasteiger partial charge in [-0.05, 0) is 38.1 Å². The van der Waals surface area contributed by atoms with Crippen molar-refractivity contribution in [1.82, 2.24) is 9.88 Å². The molecule has 24 heavy (non-hydrogen) atoms. The summed E-state index contributed by atoms with van der Waals surface area (Å²) in [5, 5.41) is 9.41. The van der Waals surface area contributed by atoms with E-state index in [1.54, 1.807) is 24.3 Å². The number of hydrogen-bond donors (Lipinski definition) is 1. The molecule has 0 atom stereocenters. The second-order valence-corrected chi connectivity index (χ2v) is 6.09. The lowest BCUT2D eigenvalue weighted by Gasteiger charge is -2.25. The van der Waals surface area contributed by atoms with Crippen LogP contribution in [0.1, 0.15) is 26.0 Å². The Bertz CT molecular complexity index is 710. The highest BCUT2D eigenvalue weighted by molar-refractivity contribution is 6.30. The van der Waals surface area contributed by atoms with Crippen LogP contribution in [-0.2, 0) is 16.0 Å². The molecule has 7 heteroatoms. The van der Waals surface area contributed by atoms with E-state index in [2.05, 4.69) is 4.98 Å². The van der Waals surface area contributed by atoms with Crippen LogP contribution in [0.2, 0.25) is 5.02 Å². The molecule has 0 unspecified atom stereocenters. The minimum atomic E-state index is -0.931. The van der Waals surface area contributed by atoms with Crippen LogP contribution in [0, 0.1) is 0 Å². The second kappa shape index (κ2) is 7.97. The molecule has 6 nitrogen and oxygen atoms in total. The van der Waals surface area contributed by atoms with Crippen LogP contribution in [0.5, 0.6) is 0 Å². The van der Waals surface area contributed by atoms with Gasteiger partial charge in [-0.25, -0.2) is 4.98 Å². The Balaban J connectivity index is 2.05. The molecule has 0 aliphatic rings. The van der Waals surface area contributed by atoms with Gasteiger partial charge in [0.15, 0.2) is 0 Å². The lowest BCUT2D eigenvalue weighted by molar-refractivity contribution is -0.139. The number of aliphatic carboxylic acids is 1. The fraction of sp³-hybridized carbons (Fsp3) is 0.353. The summed E-state index contributed by atoms with van der Waals surface area (Å²) in [6, 6.07) is 6.95. The van der Waals surface area contributed by atoms with Gasteiger partial charge >= 0.3 is 5.97 Å². The molecule has 0 saturated carbocycles. The monoisotopic (exact) mass is 350 g/mol. The highest BCUT2D eigenvalue weighted by Gasteiger charge is 2.20. The Labute approximate surface area is 145 Å². The molecule has 128 valence electrons. The number of carboxylic acids is 1. The van der Waals surface area contributed by atoms with Gasteiger partial charge in [-0.3, -0.25) is 9.59 Å². The van der Waals surface area contributed by atoms with Gasteiger partial charge in [-0.15, -0.1) is 0 Å². The molecule has 1 aromatic carbocycles. The van der Waals surface area contributed by atoms with Gasteiger partial charge in [-0.2, -0.15) is 0 Å². The Kier molecular flexibility index (Phi) is 5.98. The molecular formula is C17H19ClN2O4. The van der Waals surface area contributed by atoms with Crippen molar-refractivity contribution in [3.63, 3.8) is 0 Å². The van der Waals surface area contributed by atoms with Gasteiger partial charge in [0.2, 0.25) is 11.8 Å². The van der Waals surface area contributed by atoms with Crippen LogP contribution in [0.4, 0.5) is 0 Å². The SMILES string of the molecule is CC(C)N(CCC(=O)O)C(=O)Cc1coc(-c2ccc(Cl)cc2)n1. The van der Waals surface area contributed by atoms with Crippen molar-refractivity contribution in [3.8, 4) is 11.5 Å². The van der Waals surface area contributed by atoms with Gasteiger partial charge in [0.05, 0.1) is 18.5 Å². The number of hydrogen-bond acceptors (Lipinski definition) is 4. The minimum absolute atomic E-state index is 0.0644. The zero-order valence-electron chi connectivity index (χ0n) is 13.5. The van der Waals surface area contributed by atoms with Crippen LogP contribution in [0.15, 0.2) is 34.9 Å². The van der Waals surface area contributed by atoms with Crippen molar-refractivity contribution in [2.75, 3.05) is 6.54 Å². The number of oxazole rings is 1. The molecule has 1 amide bonds. The van der Waals surface area contributed by atoms with Crippen LogP contribution in [-0.4, -0.2) is 39.5 Å². The predicted octanol–water partition coefficient (Wildman–Crippen LogP) is 3.25. The third-order valence-corrected chi connectivity index (χ3v) is 3.74. The zero-order valence-corrected chi connectivity index (χ0v) is 14.3. The molecule has 1 N–H and O–H groups in total. The Morgan fingerprint density at radius 1 is 1.29 bits per heavy atom. The van der Waals surface area contributed by atoms with E-state index in [1.165, 1.54) is 11.2 Å². The Hall–Kier alpha value is -2.34. The Morgan fingerprint density at radius 3 is 2.54 bits per heavy atom. The lowest BCUT2D eigenvalue weighted by atomic mass is 10.2.